The van der Waals surface area contributed by atoms with E-state index in [0.717, 1.165) is 37.4 Å². The monoisotopic (exact) mass is 670 g/mol. The standard InChI is InChI=1S/C23H17BrCl3F7N2O2/c1-10(21(38)36(2)9-22(29,30)31)35-20(37)13-4-3-11(5-15(13)24)18(28)8-14(23(32,33)34)12-6-16(25)19(27)17(26)7-12/h3-8,10,14H,9H2,1-2H3,(H,35,37)/b18-8-. The van der Waals surface area contributed by atoms with Crippen molar-refractivity contribution in [1.82, 2.24) is 10.2 Å². The van der Waals surface area contributed by atoms with Gasteiger partial charge in [-0.05, 0) is 58.8 Å². The lowest BCUT2D eigenvalue weighted by Gasteiger charge is -2.23. The van der Waals surface area contributed by atoms with Gasteiger partial charge in [-0.3, -0.25) is 9.59 Å². The van der Waals surface area contributed by atoms with Gasteiger partial charge in [0.25, 0.3) is 5.91 Å². The lowest BCUT2D eigenvalue weighted by Crippen LogP contribution is -2.48. The predicted octanol–water partition coefficient (Wildman–Crippen LogP) is 8.20. The van der Waals surface area contributed by atoms with E-state index in [1.807, 2.05) is 0 Å². The number of halogens is 11. The van der Waals surface area contributed by atoms with Crippen LogP contribution in [0.5, 0.6) is 0 Å². The van der Waals surface area contributed by atoms with Crippen molar-refractivity contribution in [2.75, 3.05) is 13.6 Å². The van der Waals surface area contributed by atoms with Gasteiger partial charge < -0.3 is 10.2 Å². The summed E-state index contributed by atoms with van der Waals surface area (Å²) in [5.74, 6) is -5.65. The second-order valence-electron chi connectivity index (χ2n) is 8.03. The fraction of sp³-hybridized carbons (Fsp3) is 0.304. The minimum Gasteiger partial charge on any atom is -0.340 e. The summed E-state index contributed by atoms with van der Waals surface area (Å²) >= 11 is 20.4. The molecule has 2 rings (SSSR count). The molecule has 0 aliphatic carbocycles. The van der Waals surface area contributed by atoms with Crippen LogP contribution in [0.4, 0.5) is 30.7 Å². The maximum Gasteiger partial charge on any atom is 0.406 e. The number of nitrogens with one attached hydrogen (secondary N) is 1. The van der Waals surface area contributed by atoms with E-state index in [0.29, 0.717) is 11.0 Å². The number of amides is 2. The molecule has 0 fully saturated rings. The smallest absolute Gasteiger partial charge is 0.340 e. The molecule has 0 radical (unpaired) electrons. The number of alkyl halides is 6. The Morgan fingerprint density at radius 3 is 2.08 bits per heavy atom. The zero-order chi connectivity index (χ0) is 29.2. The molecule has 2 aromatic rings. The van der Waals surface area contributed by atoms with Crippen molar-refractivity contribution in [3.63, 3.8) is 0 Å². The van der Waals surface area contributed by atoms with Crippen LogP contribution in [-0.4, -0.2) is 48.7 Å². The number of benzene rings is 2. The fourth-order valence-corrected chi connectivity index (χ4v) is 4.41. The molecule has 2 aromatic carbocycles. The van der Waals surface area contributed by atoms with Crippen LogP contribution >= 0.6 is 50.7 Å². The number of hydrogen-bond donors (Lipinski definition) is 1. The molecular weight excluding hydrogens is 656 g/mol. The van der Waals surface area contributed by atoms with Gasteiger partial charge >= 0.3 is 12.4 Å². The maximum absolute atomic E-state index is 14.9. The molecule has 0 heterocycles. The van der Waals surface area contributed by atoms with Crippen LogP contribution < -0.4 is 5.32 Å². The molecule has 1 N–H and O–H groups in total. The Balaban J connectivity index is 2.29. The number of nitrogens with zero attached hydrogens (tertiary/aromatic N) is 1. The van der Waals surface area contributed by atoms with E-state index in [2.05, 4.69) is 21.2 Å². The van der Waals surface area contributed by atoms with Crippen LogP contribution in [0.1, 0.15) is 34.3 Å². The zero-order valence-corrected chi connectivity index (χ0v) is 23.1. The molecule has 0 spiro atoms. The van der Waals surface area contributed by atoms with Crippen LogP contribution in [0.2, 0.25) is 15.1 Å². The van der Waals surface area contributed by atoms with E-state index in [1.54, 1.807) is 0 Å². The van der Waals surface area contributed by atoms with E-state index < -0.39 is 54.1 Å². The highest BCUT2D eigenvalue weighted by Gasteiger charge is 2.40. The van der Waals surface area contributed by atoms with E-state index in [4.69, 9.17) is 34.8 Å². The molecule has 0 saturated heterocycles. The lowest BCUT2D eigenvalue weighted by molar-refractivity contribution is -0.159. The number of carbonyl (C=O) groups excluding carboxylic acids is 2. The third-order valence-electron chi connectivity index (χ3n) is 5.03. The van der Waals surface area contributed by atoms with Gasteiger partial charge in [-0.25, -0.2) is 4.39 Å². The first-order valence-electron chi connectivity index (χ1n) is 10.3. The first-order chi connectivity index (χ1) is 17.3. The first-order valence-corrected chi connectivity index (χ1v) is 12.3. The Labute approximate surface area is 235 Å². The number of rotatable bonds is 7. The van der Waals surface area contributed by atoms with Gasteiger partial charge in [0.2, 0.25) is 5.91 Å². The van der Waals surface area contributed by atoms with Crippen molar-refractivity contribution in [2.45, 2.75) is 31.2 Å². The minimum atomic E-state index is -4.93. The van der Waals surface area contributed by atoms with Crippen molar-refractivity contribution in [2.24, 2.45) is 0 Å². The number of allylic oxidation sites excluding steroid dienone is 1. The normalized spacial score (nSPS) is 14.2. The highest BCUT2D eigenvalue weighted by Crippen LogP contribution is 2.42. The summed E-state index contributed by atoms with van der Waals surface area (Å²) < 4.78 is 93.6. The second-order valence-corrected chi connectivity index (χ2v) is 10.1. The lowest BCUT2D eigenvalue weighted by atomic mass is 9.96. The third-order valence-corrected chi connectivity index (χ3v) is 6.88. The Hall–Kier alpha value is -2.02. The van der Waals surface area contributed by atoms with Crippen molar-refractivity contribution in [3.8, 4) is 0 Å². The summed E-state index contributed by atoms with van der Waals surface area (Å²) in [7, 11) is 0.915. The summed E-state index contributed by atoms with van der Waals surface area (Å²) in [6.45, 7) is -0.353. The molecule has 0 aliphatic rings. The topological polar surface area (TPSA) is 49.4 Å². The number of hydrogen-bond acceptors (Lipinski definition) is 2. The third kappa shape index (κ3) is 8.49. The van der Waals surface area contributed by atoms with Gasteiger partial charge in [0.1, 0.15) is 24.3 Å². The van der Waals surface area contributed by atoms with Crippen LogP contribution in [-0.2, 0) is 4.79 Å². The van der Waals surface area contributed by atoms with Gasteiger partial charge in [-0.15, -0.1) is 0 Å². The molecule has 0 aromatic heterocycles. The Kier molecular flexibility index (Phi) is 10.5. The molecule has 0 aliphatic heterocycles. The van der Waals surface area contributed by atoms with Gasteiger partial charge in [0.15, 0.2) is 0 Å². The molecular formula is C23H17BrCl3F7N2O2. The van der Waals surface area contributed by atoms with E-state index >= 15 is 0 Å². The molecule has 2 atom stereocenters. The van der Waals surface area contributed by atoms with Crippen LogP contribution in [0, 0.1) is 0 Å². The van der Waals surface area contributed by atoms with Crippen LogP contribution in [0.3, 0.4) is 0 Å². The van der Waals surface area contributed by atoms with Crippen LogP contribution in [0.15, 0.2) is 40.9 Å². The second kappa shape index (κ2) is 12.4. The molecule has 0 saturated carbocycles. The largest absolute Gasteiger partial charge is 0.406 e. The summed E-state index contributed by atoms with van der Waals surface area (Å²) in [6.07, 6.45) is -9.27. The molecule has 2 unspecified atom stereocenters. The molecule has 208 valence electrons. The van der Waals surface area contributed by atoms with Crippen LogP contribution in [0.25, 0.3) is 5.83 Å². The van der Waals surface area contributed by atoms with E-state index in [1.165, 1.54) is 6.92 Å². The Morgan fingerprint density at radius 2 is 1.61 bits per heavy atom. The van der Waals surface area contributed by atoms with E-state index in [-0.39, 0.29) is 30.7 Å². The summed E-state index contributed by atoms with van der Waals surface area (Å²) in [5, 5.41) is 1.54. The zero-order valence-electron chi connectivity index (χ0n) is 19.2. The SMILES string of the molecule is CC(NC(=O)c1ccc(/C(F)=C/C(c2cc(Cl)c(Cl)c(Cl)c2)C(F)(F)F)cc1Br)C(=O)N(C)CC(F)(F)F. The molecule has 2 amide bonds. The van der Waals surface area contributed by atoms with Gasteiger partial charge in [0.05, 0.1) is 20.6 Å². The maximum atomic E-state index is 14.9. The molecule has 38 heavy (non-hydrogen) atoms. The van der Waals surface area contributed by atoms with Gasteiger partial charge in [-0.2, -0.15) is 26.3 Å². The summed E-state index contributed by atoms with van der Waals surface area (Å²) in [6, 6.07) is 3.59. The minimum absolute atomic E-state index is 0.0551. The molecule has 15 heteroatoms. The Morgan fingerprint density at radius 1 is 1.05 bits per heavy atom. The number of carbonyl (C=O) groups is 2. The number of likely N-dealkylation sites (N-methyl/N-ethyl adjacent to an activating group) is 1. The van der Waals surface area contributed by atoms with Crippen molar-refractivity contribution < 1.29 is 40.3 Å². The van der Waals surface area contributed by atoms with E-state index in [9.17, 15) is 40.3 Å². The molecule has 0 bridgehead atoms. The Bertz CT molecular complexity index is 1230. The average Bonchev–Trinajstić information content (AvgIpc) is 2.77. The summed E-state index contributed by atoms with van der Waals surface area (Å²) in [5.41, 5.74) is -0.942. The fourth-order valence-electron chi connectivity index (χ4n) is 3.24. The first kappa shape index (κ1) is 32.2. The van der Waals surface area contributed by atoms with Gasteiger partial charge in [-0.1, -0.05) is 40.9 Å². The highest BCUT2D eigenvalue weighted by molar-refractivity contribution is 9.10. The predicted molar refractivity (Wildman–Crippen MR) is 134 cm³/mol. The highest BCUT2D eigenvalue weighted by atomic mass is 79.9. The van der Waals surface area contributed by atoms with Crippen molar-refractivity contribution in [1.29, 1.82) is 0 Å². The van der Waals surface area contributed by atoms with Crippen molar-refractivity contribution in [3.05, 3.63) is 72.6 Å². The quantitative estimate of drug-likeness (QED) is 0.238. The molecule has 4 nitrogen and oxygen atoms in total. The van der Waals surface area contributed by atoms with Gasteiger partial charge in [0, 0.05) is 17.1 Å². The average molecular weight is 673 g/mol. The van der Waals surface area contributed by atoms with Crippen molar-refractivity contribution >= 4 is 68.4 Å². The summed E-state index contributed by atoms with van der Waals surface area (Å²) in [4.78, 5) is 25.0.